The number of ketones is 1. The zero-order valence-corrected chi connectivity index (χ0v) is 18.3. The van der Waals surface area contributed by atoms with Crippen LogP contribution in [-0.2, 0) is 0 Å². The number of aromatic nitrogens is 1. The topological polar surface area (TPSA) is 42.3 Å². The van der Waals surface area contributed by atoms with Crippen molar-refractivity contribution in [3.63, 3.8) is 0 Å². The molecule has 1 aromatic carbocycles. The van der Waals surface area contributed by atoms with Crippen LogP contribution in [0, 0.1) is 19.8 Å². The van der Waals surface area contributed by atoms with Crippen LogP contribution in [0.5, 0.6) is 0 Å². The molecule has 6 heteroatoms. The van der Waals surface area contributed by atoms with Crippen LogP contribution in [-0.4, -0.2) is 34.2 Å². The average Bonchev–Trinajstić information content (AvgIpc) is 2.97. The summed E-state index contributed by atoms with van der Waals surface area (Å²) in [5, 5.41) is 0.832. The van der Waals surface area contributed by atoms with E-state index in [1.165, 1.54) is 0 Å². The molecule has 0 N–H and O–H groups in total. The maximum atomic E-state index is 13.0. The quantitative estimate of drug-likeness (QED) is 0.592. The van der Waals surface area contributed by atoms with Crippen molar-refractivity contribution >= 4 is 34.9 Å². The lowest BCUT2D eigenvalue weighted by Gasteiger charge is -2.31. The molecular weight excluding hydrogens is 395 g/mol. The first kappa shape index (κ1) is 20.9. The van der Waals surface area contributed by atoms with E-state index < -0.39 is 0 Å². The molecule has 0 aliphatic carbocycles. The van der Waals surface area contributed by atoms with Gasteiger partial charge in [-0.25, -0.2) is 0 Å². The monoisotopic (exact) mass is 420 g/mol. The summed E-state index contributed by atoms with van der Waals surface area (Å²) in [7, 11) is 0. The number of carbonyl (C=O) groups excluding carboxylic acids is 2. The second-order valence-corrected chi connectivity index (χ2v) is 8.62. The predicted molar refractivity (Wildman–Crippen MR) is 114 cm³/mol. The molecule has 2 heterocycles. The fourth-order valence-electron chi connectivity index (χ4n) is 4.19. The highest BCUT2D eigenvalue weighted by Crippen LogP contribution is 2.28. The zero-order valence-electron chi connectivity index (χ0n) is 16.8. The van der Waals surface area contributed by atoms with E-state index in [0.29, 0.717) is 47.6 Å². The van der Waals surface area contributed by atoms with E-state index in [0.717, 1.165) is 17.0 Å². The fraction of sp³-hybridized carbons (Fsp3) is 0.455. The van der Waals surface area contributed by atoms with Gasteiger partial charge in [0.25, 0.3) is 5.91 Å². The van der Waals surface area contributed by atoms with Crippen molar-refractivity contribution in [3.05, 3.63) is 56.8 Å². The van der Waals surface area contributed by atoms with Gasteiger partial charge in [0.2, 0.25) is 0 Å². The highest BCUT2D eigenvalue weighted by atomic mass is 35.5. The number of nitrogens with zero attached hydrogens (tertiary/aromatic N) is 2. The molecule has 3 rings (SSSR count). The number of hydrogen-bond acceptors (Lipinski definition) is 2. The minimum Gasteiger partial charge on any atom is -0.346 e. The Kier molecular flexibility index (Phi) is 6.21. The molecule has 4 nitrogen and oxygen atoms in total. The SMILES string of the molecule is Cc1cc(C(=O)N2CCC(C(=O)c3ccc(Cl)c(Cl)c3)CC2)c(C)n1C(C)C. The Morgan fingerprint density at radius 2 is 1.68 bits per heavy atom. The number of benzene rings is 1. The number of piperidine rings is 1. The number of likely N-dealkylation sites (tertiary alicyclic amines) is 1. The number of halogens is 2. The van der Waals surface area contributed by atoms with Crippen LogP contribution >= 0.6 is 23.2 Å². The van der Waals surface area contributed by atoms with Gasteiger partial charge in [0.15, 0.2) is 5.78 Å². The third-order valence-electron chi connectivity index (χ3n) is 5.59. The van der Waals surface area contributed by atoms with Crippen molar-refractivity contribution < 1.29 is 9.59 Å². The summed E-state index contributed by atoms with van der Waals surface area (Å²) >= 11 is 12.0. The third kappa shape index (κ3) is 3.99. The molecule has 2 aromatic rings. The van der Waals surface area contributed by atoms with Crippen molar-refractivity contribution in [2.45, 2.75) is 46.6 Å². The first-order chi connectivity index (χ1) is 13.2. The summed E-state index contributed by atoms with van der Waals surface area (Å²) in [4.78, 5) is 27.7. The van der Waals surface area contributed by atoms with Gasteiger partial charge in [0.05, 0.1) is 15.6 Å². The van der Waals surface area contributed by atoms with Gasteiger partial charge in [-0.1, -0.05) is 23.2 Å². The number of carbonyl (C=O) groups is 2. The number of hydrogen-bond donors (Lipinski definition) is 0. The molecular formula is C22H26Cl2N2O2. The summed E-state index contributed by atoms with van der Waals surface area (Å²) in [6, 6.07) is 7.29. The fourth-order valence-corrected chi connectivity index (χ4v) is 4.49. The van der Waals surface area contributed by atoms with E-state index >= 15 is 0 Å². The molecule has 1 saturated heterocycles. The smallest absolute Gasteiger partial charge is 0.255 e. The Balaban J connectivity index is 1.68. The number of aryl methyl sites for hydroxylation is 1. The minimum atomic E-state index is -0.0932. The normalized spacial score (nSPS) is 15.3. The van der Waals surface area contributed by atoms with Crippen molar-refractivity contribution in [3.8, 4) is 0 Å². The summed E-state index contributed by atoms with van der Waals surface area (Å²) in [6.07, 6.45) is 1.32. The summed E-state index contributed by atoms with van der Waals surface area (Å²) in [5.74, 6) is 0.0356. The van der Waals surface area contributed by atoms with Gasteiger partial charge in [-0.3, -0.25) is 9.59 Å². The highest BCUT2D eigenvalue weighted by Gasteiger charge is 2.30. The maximum Gasteiger partial charge on any atom is 0.255 e. The van der Waals surface area contributed by atoms with Crippen LogP contribution in [0.2, 0.25) is 10.0 Å². The molecule has 1 fully saturated rings. The van der Waals surface area contributed by atoms with E-state index in [9.17, 15) is 9.59 Å². The molecule has 0 unspecified atom stereocenters. The molecule has 150 valence electrons. The largest absolute Gasteiger partial charge is 0.346 e. The van der Waals surface area contributed by atoms with E-state index in [1.54, 1.807) is 18.2 Å². The molecule has 1 aliphatic rings. The van der Waals surface area contributed by atoms with Crippen LogP contribution in [0.15, 0.2) is 24.3 Å². The number of Topliss-reactive ketones (excluding diaryl/α,β-unsaturated/α-hetero) is 1. The van der Waals surface area contributed by atoms with Crippen LogP contribution in [0.3, 0.4) is 0 Å². The van der Waals surface area contributed by atoms with Crippen molar-refractivity contribution in [1.29, 1.82) is 0 Å². The Labute approximate surface area is 176 Å². The van der Waals surface area contributed by atoms with Gasteiger partial charge >= 0.3 is 0 Å². The Morgan fingerprint density at radius 3 is 2.21 bits per heavy atom. The van der Waals surface area contributed by atoms with E-state index in [-0.39, 0.29) is 17.6 Å². The molecule has 0 spiro atoms. The van der Waals surface area contributed by atoms with E-state index in [4.69, 9.17) is 23.2 Å². The molecule has 1 aliphatic heterocycles. The number of amides is 1. The highest BCUT2D eigenvalue weighted by molar-refractivity contribution is 6.42. The zero-order chi connectivity index (χ0) is 20.6. The lowest BCUT2D eigenvalue weighted by atomic mass is 9.88. The Bertz CT molecular complexity index is 910. The van der Waals surface area contributed by atoms with E-state index in [1.807, 2.05) is 24.8 Å². The third-order valence-corrected chi connectivity index (χ3v) is 6.33. The van der Waals surface area contributed by atoms with Crippen molar-refractivity contribution in [1.82, 2.24) is 9.47 Å². The van der Waals surface area contributed by atoms with Gasteiger partial charge in [-0.15, -0.1) is 0 Å². The van der Waals surface area contributed by atoms with Gasteiger partial charge in [-0.2, -0.15) is 0 Å². The summed E-state index contributed by atoms with van der Waals surface area (Å²) < 4.78 is 2.19. The van der Waals surface area contributed by atoms with Gasteiger partial charge in [0.1, 0.15) is 0 Å². The molecule has 0 saturated carbocycles. The predicted octanol–water partition coefficient (Wildman–Crippen LogP) is 5.73. The molecule has 1 amide bonds. The molecule has 1 aromatic heterocycles. The lowest BCUT2D eigenvalue weighted by molar-refractivity contribution is 0.0649. The first-order valence-corrected chi connectivity index (χ1v) is 10.4. The average molecular weight is 421 g/mol. The Morgan fingerprint density at radius 1 is 1.04 bits per heavy atom. The lowest BCUT2D eigenvalue weighted by Crippen LogP contribution is -2.40. The maximum absolute atomic E-state index is 13.0. The van der Waals surface area contributed by atoms with Crippen molar-refractivity contribution in [2.75, 3.05) is 13.1 Å². The minimum absolute atomic E-state index is 0.0560. The molecule has 0 atom stereocenters. The van der Waals surface area contributed by atoms with Crippen LogP contribution in [0.4, 0.5) is 0 Å². The summed E-state index contributed by atoms with van der Waals surface area (Å²) in [6.45, 7) is 9.44. The molecule has 28 heavy (non-hydrogen) atoms. The van der Waals surface area contributed by atoms with Gasteiger partial charge < -0.3 is 9.47 Å². The number of rotatable bonds is 4. The van der Waals surface area contributed by atoms with Gasteiger partial charge in [-0.05, 0) is 64.8 Å². The molecule has 0 radical (unpaired) electrons. The first-order valence-electron chi connectivity index (χ1n) is 9.67. The molecule has 0 bridgehead atoms. The second-order valence-electron chi connectivity index (χ2n) is 7.81. The van der Waals surface area contributed by atoms with Gasteiger partial charge in [0, 0.05) is 42.0 Å². The van der Waals surface area contributed by atoms with Crippen LogP contribution in [0.25, 0.3) is 0 Å². The Hall–Kier alpha value is -1.78. The van der Waals surface area contributed by atoms with Crippen LogP contribution < -0.4 is 0 Å². The van der Waals surface area contributed by atoms with Crippen LogP contribution in [0.1, 0.15) is 64.8 Å². The van der Waals surface area contributed by atoms with Crippen molar-refractivity contribution in [2.24, 2.45) is 5.92 Å². The second kappa shape index (κ2) is 8.30. The summed E-state index contributed by atoms with van der Waals surface area (Å²) in [5.41, 5.74) is 3.45. The van der Waals surface area contributed by atoms with E-state index in [2.05, 4.69) is 18.4 Å². The standard InChI is InChI=1S/C22H26Cl2N2O2/c1-13(2)26-14(3)11-18(15(26)4)22(28)25-9-7-16(8-10-25)21(27)17-5-6-19(23)20(24)12-17/h5-6,11-13,16H,7-10H2,1-4H3.